The molecule has 0 heterocycles. The summed E-state index contributed by atoms with van der Waals surface area (Å²) in [4.78, 5) is 0. The Morgan fingerprint density at radius 2 is 1.90 bits per heavy atom. The highest BCUT2D eigenvalue weighted by Crippen LogP contribution is 2.40. The van der Waals surface area contributed by atoms with Crippen LogP contribution >= 0.6 is 0 Å². The lowest BCUT2D eigenvalue weighted by molar-refractivity contribution is 0.395. The molecule has 0 amide bonds. The first-order valence-electron chi connectivity index (χ1n) is 7.37. The van der Waals surface area contributed by atoms with Gasteiger partial charge in [0, 0.05) is 16.7 Å². The minimum atomic E-state index is 0.0466. The summed E-state index contributed by atoms with van der Waals surface area (Å²) in [6.07, 6.45) is 0.908. The van der Waals surface area contributed by atoms with Gasteiger partial charge in [-0.25, -0.2) is 0 Å². The molecule has 0 saturated carbocycles. The normalized spacial score (nSPS) is 11.4. The third-order valence-electron chi connectivity index (χ3n) is 3.68. The Morgan fingerprint density at radius 3 is 2.25 bits per heavy atom. The number of allylic oxidation sites excluding steroid dienone is 1. The van der Waals surface area contributed by atoms with E-state index >= 15 is 0 Å². The molecular formula is C19H28O. The topological polar surface area (TPSA) is 9.23 Å². The van der Waals surface area contributed by atoms with Crippen LogP contribution in [0.5, 0.6) is 5.75 Å². The van der Waals surface area contributed by atoms with E-state index < -0.39 is 0 Å². The van der Waals surface area contributed by atoms with Gasteiger partial charge in [-0.05, 0) is 29.4 Å². The molecule has 20 heavy (non-hydrogen) atoms. The van der Waals surface area contributed by atoms with Crippen molar-refractivity contribution in [3.05, 3.63) is 41.1 Å². The lowest BCUT2D eigenvalue weighted by Gasteiger charge is -2.26. The zero-order valence-corrected chi connectivity index (χ0v) is 14.1. The van der Waals surface area contributed by atoms with E-state index in [0.29, 0.717) is 5.92 Å². The minimum absolute atomic E-state index is 0.0466. The standard InChI is InChI=1S/C19H28O/c1-9-14(10-2)16-11-15(13(3)4)12-17(18(16)20-8)19(5,6)7/h11-13H,1,10H2,2-8H3. The van der Waals surface area contributed by atoms with Crippen LogP contribution < -0.4 is 4.74 Å². The Bertz CT molecular complexity index is 523. The molecule has 1 nitrogen and oxygen atoms in total. The molecule has 0 aliphatic heterocycles. The van der Waals surface area contributed by atoms with Gasteiger partial charge >= 0.3 is 0 Å². The SMILES string of the molecule is C=C=C(CC)c1cc(C(C)C)cc(C(C)(C)C)c1OC. The van der Waals surface area contributed by atoms with E-state index in [9.17, 15) is 0 Å². The van der Waals surface area contributed by atoms with Crippen LogP contribution in [-0.4, -0.2) is 7.11 Å². The number of hydrogen-bond donors (Lipinski definition) is 0. The maximum Gasteiger partial charge on any atom is 0.130 e. The maximum absolute atomic E-state index is 5.73. The number of ether oxygens (including phenoxy) is 1. The summed E-state index contributed by atoms with van der Waals surface area (Å²) in [5.41, 5.74) is 7.97. The van der Waals surface area contributed by atoms with Gasteiger partial charge in [-0.15, -0.1) is 5.73 Å². The van der Waals surface area contributed by atoms with Gasteiger partial charge in [-0.1, -0.05) is 54.2 Å². The molecule has 0 N–H and O–H groups in total. The second-order valence-corrected chi connectivity index (χ2v) is 6.56. The van der Waals surface area contributed by atoms with E-state index in [1.54, 1.807) is 7.11 Å². The smallest absolute Gasteiger partial charge is 0.130 e. The van der Waals surface area contributed by atoms with Gasteiger partial charge in [-0.3, -0.25) is 0 Å². The van der Waals surface area contributed by atoms with Gasteiger partial charge in [0.15, 0.2) is 0 Å². The van der Waals surface area contributed by atoms with Gasteiger partial charge < -0.3 is 4.74 Å². The summed E-state index contributed by atoms with van der Waals surface area (Å²) >= 11 is 0. The van der Waals surface area contributed by atoms with Crippen LogP contribution in [0, 0.1) is 0 Å². The fraction of sp³-hybridized carbons (Fsp3) is 0.526. The van der Waals surface area contributed by atoms with Crippen molar-refractivity contribution in [2.75, 3.05) is 7.11 Å². The van der Waals surface area contributed by atoms with Crippen LogP contribution in [0.4, 0.5) is 0 Å². The first-order chi connectivity index (χ1) is 9.26. The number of rotatable bonds is 4. The van der Waals surface area contributed by atoms with Crippen molar-refractivity contribution in [1.82, 2.24) is 0 Å². The zero-order chi connectivity index (χ0) is 15.5. The van der Waals surface area contributed by atoms with Crippen molar-refractivity contribution in [2.45, 2.75) is 59.3 Å². The van der Waals surface area contributed by atoms with Crippen molar-refractivity contribution < 1.29 is 4.74 Å². The number of methoxy groups -OCH3 is 1. The fourth-order valence-electron chi connectivity index (χ4n) is 2.40. The molecule has 0 unspecified atom stereocenters. The first-order valence-corrected chi connectivity index (χ1v) is 7.37. The third-order valence-corrected chi connectivity index (χ3v) is 3.68. The molecule has 110 valence electrons. The zero-order valence-electron chi connectivity index (χ0n) is 14.1. The van der Waals surface area contributed by atoms with Gasteiger partial charge in [0.05, 0.1) is 7.11 Å². The fourth-order valence-corrected chi connectivity index (χ4v) is 2.40. The molecule has 1 heteroatoms. The molecule has 0 atom stereocenters. The Hall–Kier alpha value is -1.46. The summed E-state index contributed by atoms with van der Waals surface area (Å²) in [6, 6.07) is 4.51. The van der Waals surface area contributed by atoms with E-state index in [2.05, 4.69) is 66.0 Å². The minimum Gasteiger partial charge on any atom is -0.496 e. The van der Waals surface area contributed by atoms with Gasteiger partial charge in [0.1, 0.15) is 5.75 Å². The largest absolute Gasteiger partial charge is 0.496 e. The quantitative estimate of drug-likeness (QED) is 0.639. The molecule has 0 radical (unpaired) electrons. The maximum atomic E-state index is 5.73. The molecule has 0 aromatic heterocycles. The molecule has 0 bridgehead atoms. The molecule has 0 saturated heterocycles. The molecule has 1 rings (SSSR count). The van der Waals surface area contributed by atoms with E-state index in [-0.39, 0.29) is 5.41 Å². The molecular weight excluding hydrogens is 244 g/mol. The van der Waals surface area contributed by atoms with Crippen molar-refractivity contribution in [3.8, 4) is 5.75 Å². The third kappa shape index (κ3) is 3.35. The second-order valence-electron chi connectivity index (χ2n) is 6.56. The lowest BCUT2D eigenvalue weighted by atomic mass is 9.81. The van der Waals surface area contributed by atoms with Crippen molar-refractivity contribution >= 4 is 5.57 Å². The predicted molar refractivity (Wildman–Crippen MR) is 88.6 cm³/mol. The van der Waals surface area contributed by atoms with Crippen LogP contribution in [0.25, 0.3) is 5.57 Å². The van der Waals surface area contributed by atoms with E-state index in [0.717, 1.165) is 23.3 Å². The Morgan fingerprint density at radius 1 is 1.30 bits per heavy atom. The van der Waals surface area contributed by atoms with E-state index in [4.69, 9.17) is 4.74 Å². The Balaban J connectivity index is 3.73. The summed E-state index contributed by atoms with van der Waals surface area (Å²) < 4.78 is 5.73. The highest BCUT2D eigenvalue weighted by Gasteiger charge is 2.23. The average Bonchev–Trinajstić information content (AvgIpc) is 2.38. The number of hydrogen-bond acceptors (Lipinski definition) is 1. The Labute approximate surface area is 124 Å². The monoisotopic (exact) mass is 272 g/mol. The highest BCUT2D eigenvalue weighted by atomic mass is 16.5. The summed E-state index contributed by atoms with van der Waals surface area (Å²) in [6.45, 7) is 17.1. The summed E-state index contributed by atoms with van der Waals surface area (Å²) in [5, 5.41) is 0. The molecule has 1 aromatic carbocycles. The van der Waals surface area contributed by atoms with Gasteiger partial charge in [0.2, 0.25) is 0 Å². The van der Waals surface area contributed by atoms with E-state index in [1.807, 2.05) is 0 Å². The molecule has 0 aliphatic carbocycles. The first kappa shape index (κ1) is 16.6. The molecule has 0 fully saturated rings. The van der Waals surface area contributed by atoms with Crippen LogP contribution in [-0.2, 0) is 5.41 Å². The second kappa shape index (κ2) is 6.33. The molecule has 0 spiro atoms. The number of benzene rings is 1. The van der Waals surface area contributed by atoms with Crippen LogP contribution in [0.2, 0.25) is 0 Å². The van der Waals surface area contributed by atoms with Crippen LogP contribution in [0.15, 0.2) is 24.4 Å². The summed E-state index contributed by atoms with van der Waals surface area (Å²) in [5.74, 6) is 1.46. The van der Waals surface area contributed by atoms with Crippen molar-refractivity contribution in [2.24, 2.45) is 0 Å². The van der Waals surface area contributed by atoms with Crippen LogP contribution in [0.3, 0.4) is 0 Å². The lowest BCUT2D eigenvalue weighted by Crippen LogP contribution is -2.15. The van der Waals surface area contributed by atoms with Gasteiger partial charge in [-0.2, -0.15) is 0 Å². The summed E-state index contributed by atoms with van der Waals surface area (Å²) in [7, 11) is 1.75. The highest BCUT2D eigenvalue weighted by molar-refractivity contribution is 5.72. The van der Waals surface area contributed by atoms with Crippen molar-refractivity contribution in [3.63, 3.8) is 0 Å². The Kier molecular flexibility index (Phi) is 5.25. The molecule has 1 aromatic rings. The van der Waals surface area contributed by atoms with E-state index in [1.165, 1.54) is 11.1 Å². The predicted octanol–water partition coefficient (Wildman–Crippen LogP) is 5.69. The van der Waals surface area contributed by atoms with Crippen LogP contribution in [0.1, 0.15) is 70.6 Å². The van der Waals surface area contributed by atoms with Crippen molar-refractivity contribution in [1.29, 1.82) is 0 Å². The average molecular weight is 272 g/mol. The molecule has 0 aliphatic rings. The van der Waals surface area contributed by atoms with Gasteiger partial charge in [0.25, 0.3) is 0 Å².